The van der Waals surface area contributed by atoms with Gasteiger partial charge in [-0.3, -0.25) is 0 Å². The molecule has 0 radical (unpaired) electrons. The summed E-state index contributed by atoms with van der Waals surface area (Å²) in [6.07, 6.45) is 0. The van der Waals surface area contributed by atoms with E-state index in [1.54, 1.807) is 94.1 Å². The van der Waals surface area contributed by atoms with Gasteiger partial charge in [-0.25, -0.2) is 0 Å². The van der Waals surface area contributed by atoms with E-state index in [1.165, 1.54) is 13.8 Å². The van der Waals surface area contributed by atoms with Gasteiger partial charge in [-0.05, 0) is 0 Å². The molecule has 0 bridgehead atoms. The standard InChI is InChI=1S/3C7H7O.2C2H4O2.Bi/c3*1-8-7-5-3-2-4-6-7;2*1-2(3)4;/h3*3-6H,1H3;2*1H3,(H,3,4);/q;;;;;+2/p-2. The van der Waals surface area contributed by atoms with E-state index in [-0.39, 0.29) is 0 Å². The van der Waals surface area contributed by atoms with Crippen LogP contribution in [0.15, 0.2) is 72.8 Å². The van der Waals surface area contributed by atoms with Crippen LogP contribution in [0.1, 0.15) is 13.8 Å². The maximum absolute atomic E-state index is 12.7. The number of methoxy groups -OCH3 is 3. The predicted molar refractivity (Wildman–Crippen MR) is 127 cm³/mol. The molecule has 8 heteroatoms. The molecule has 0 saturated heterocycles. The van der Waals surface area contributed by atoms with Crippen LogP contribution in [0.5, 0.6) is 17.2 Å². The summed E-state index contributed by atoms with van der Waals surface area (Å²) >= 11 is -5.94. The Morgan fingerprint density at radius 2 is 0.758 bits per heavy atom. The van der Waals surface area contributed by atoms with Crippen LogP contribution >= 0.6 is 0 Å². The van der Waals surface area contributed by atoms with Crippen LogP contribution in [0.4, 0.5) is 0 Å². The molecule has 0 heterocycles. The molecule has 0 aliphatic carbocycles. The zero-order valence-corrected chi connectivity index (χ0v) is 22.7. The molecule has 0 saturated carbocycles. The Morgan fingerprint density at radius 3 is 0.939 bits per heavy atom. The zero-order valence-electron chi connectivity index (χ0n) is 19.2. The second kappa shape index (κ2) is 9.79. The van der Waals surface area contributed by atoms with Crippen LogP contribution in [0, 0.1) is 0 Å². The third kappa shape index (κ3) is 4.40. The number of carbonyl (C=O) groups is 2. The van der Waals surface area contributed by atoms with Crippen LogP contribution in [0.25, 0.3) is 0 Å². The van der Waals surface area contributed by atoms with E-state index < -0.39 is 31.6 Å². The summed E-state index contributed by atoms with van der Waals surface area (Å²) in [7, 11) is 4.69. The third-order valence-corrected chi connectivity index (χ3v) is 24.4. The summed E-state index contributed by atoms with van der Waals surface area (Å²) in [4.78, 5) is 25.4. The van der Waals surface area contributed by atoms with Crippen molar-refractivity contribution in [3.8, 4) is 17.2 Å². The van der Waals surface area contributed by atoms with Crippen LogP contribution in [0.2, 0.25) is 0 Å². The molecule has 0 aromatic heterocycles. The summed E-state index contributed by atoms with van der Waals surface area (Å²) in [5, 5.41) is 0. The third-order valence-electron chi connectivity index (χ3n) is 5.23. The SMILES string of the molecule is COc1cc[c]([Bi]([O]C(C)=O)([O]C(C)=O)([c]2ccc(OC)cc2)[c]2ccc(OC)cc2)cc1. The summed E-state index contributed by atoms with van der Waals surface area (Å²) < 4.78 is 30.4. The first kappa shape index (κ1) is 24.5. The van der Waals surface area contributed by atoms with Crippen molar-refractivity contribution >= 4 is 41.4 Å². The number of benzene rings is 3. The Hall–Kier alpha value is -3.12. The molecule has 0 N–H and O–H groups in total. The molecule has 3 rings (SSSR count). The average molecular weight is 648 g/mol. The van der Waals surface area contributed by atoms with Gasteiger partial charge < -0.3 is 0 Å². The summed E-state index contributed by atoms with van der Waals surface area (Å²) in [6.45, 7) is 2.63. The molecule has 0 fully saturated rings. The molecule has 33 heavy (non-hydrogen) atoms. The van der Waals surface area contributed by atoms with Crippen LogP contribution < -0.4 is 24.0 Å². The van der Waals surface area contributed by atoms with Gasteiger partial charge in [0.1, 0.15) is 0 Å². The van der Waals surface area contributed by atoms with Gasteiger partial charge in [0.05, 0.1) is 0 Å². The molecule has 0 aliphatic heterocycles. The van der Waals surface area contributed by atoms with Gasteiger partial charge >= 0.3 is 196 Å². The van der Waals surface area contributed by atoms with E-state index in [0.29, 0.717) is 27.1 Å². The van der Waals surface area contributed by atoms with Crippen LogP contribution in [-0.2, 0) is 15.2 Å². The van der Waals surface area contributed by atoms with E-state index in [0.717, 1.165) is 0 Å². The first-order valence-corrected chi connectivity index (χ1v) is 18.2. The number of carbonyl (C=O) groups excluding carboxylic acids is 2. The van der Waals surface area contributed by atoms with Crippen molar-refractivity contribution in [2.24, 2.45) is 0 Å². The molecular formula is C25H27BiO7. The van der Waals surface area contributed by atoms with Crippen molar-refractivity contribution in [3.63, 3.8) is 0 Å². The van der Waals surface area contributed by atoms with Crippen molar-refractivity contribution in [2.75, 3.05) is 21.3 Å². The van der Waals surface area contributed by atoms with Crippen molar-refractivity contribution in [2.45, 2.75) is 13.8 Å². The van der Waals surface area contributed by atoms with Gasteiger partial charge in [0.15, 0.2) is 0 Å². The first-order valence-electron chi connectivity index (χ1n) is 10.2. The fourth-order valence-electron chi connectivity index (χ4n) is 3.83. The summed E-state index contributed by atoms with van der Waals surface area (Å²) in [5.41, 5.74) is 0. The molecule has 174 valence electrons. The van der Waals surface area contributed by atoms with Crippen LogP contribution in [0.3, 0.4) is 0 Å². The Bertz CT molecular complexity index is 984. The maximum atomic E-state index is 12.7. The quantitative estimate of drug-likeness (QED) is 0.347. The summed E-state index contributed by atoms with van der Waals surface area (Å²) in [5.74, 6) is 0.720. The van der Waals surface area contributed by atoms with E-state index in [9.17, 15) is 9.59 Å². The predicted octanol–water partition coefficient (Wildman–Crippen LogP) is 2.26. The van der Waals surface area contributed by atoms with Crippen molar-refractivity contribution in [1.82, 2.24) is 0 Å². The Morgan fingerprint density at radius 1 is 0.515 bits per heavy atom. The Kier molecular flexibility index (Phi) is 7.28. The van der Waals surface area contributed by atoms with E-state index in [1.807, 2.05) is 0 Å². The second-order valence-electron chi connectivity index (χ2n) is 7.22. The van der Waals surface area contributed by atoms with Crippen molar-refractivity contribution in [1.29, 1.82) is 0 Å². The van der Waals surface area contributed by atoms with E-state index in [2.05, 4.69) is 0 Å². The van der Waals surface area contributed by atoms with Gasteiger partial charge in [0.25, 0.3) is 0 Å². The van der Waals surface area contributed by atoms with Crippen molar-refractivity contribution in [3.05, 3.63) is 72.8 Å². The zero-order chi connectivity index (χ0) is 24.1. The molecule has 0 unspecified atom stereocenters. The molecular weight excluding hydrogens is 621 g/mol. The number of rotatable bonds is 8. The van der Waals surface area contributed by atoms with Gasteiger partial charge in [-0.15, -0.1) is 0 Å². The Balaban J connectivity index is 2.52. The fraction of sp³-hybridized carbons (Fsp3) is 0.200. The minimum atomic E-state index is -5.94. The molecule has 3 aromatic carbocycles. The van der Waals surface area contributed by atoms with E-state index >= 15 is 0 Å². The molecule has 3 aromatic rings. The molecule has 7 nitrogen and oxygen atoms in total. The normalized spacial score (nSPS) is 12.1. The van der Waals surface area contributed by atoms with Gasteiger partial charge in [0, 0.05) is 0 Å². The fourth-order valence-corrected chi connectivity index (χ4v) is 21.8. The van der Waals surface area contributed by atoms with Gasteiger partial charge in [-0.2, -0.15) is 0 Å². The van der Waals surface area contributed by atoms with Gasteiger partial charge in [0.2, 0.25) is 0 Å². The molecule has 0 aliphatic rings. The topological polar surface area (TPSA) is 80.3 Å². The van der Waals surface area contributed by atoms with E-state index in [4.69, 9.17) is 19.8 Å². The average Bonchev–Trinajstić information content (AvgIpc) is 2.83. The number of hydrogen-bond donors (Lipinski definition) is 0. The monoisotopic (exact) mass is 648 g/mol. The van der Waals surface area contributed by atoms with Crippen molar-refractivity contribution < 1.29 is 29.4 Å². The first-order chi connectivity index (χ1) is 15.8. The number of hydrogen-bond acceptors (Lipinski definition) is 7. The minimum absolute atomic E-state index is 0.564. The summed E-state index contributed by atoms with van der Waals surface area (Å²) in [6, 6.07) is 21.2. The van der Waals surface area contributed by atoms with Gasteiger partial charge in [-0.1, -0.05) is 0 Å². The number of ether oxygens (including phenoxy) is 3. The molecule has 0 spiro atoms. The van der Waals surface area contributed by atoms with Crippen LogP contribution in [-0.4, -0.2) is 52.9 Å². The molecule has 0 atom stereocenters. The Labute approximate surface area is 195 Å². The molecule has 0 amide bonds. The second-order valence-corrected chi connectivity index (χ2v) is 22.1.